The standard InChI is InChI=1S/C17H24ClF3O4Si/c1-15(2,11-7-8-12(18)13(9-11)24-3)10-16(14(22)23,17(19,20)21)25-26(4,5)6/h7-9H,10H2,1-6H3,(H,22,23). The average molecular weight is 413 g/mol. The lowest BCUT2D eigenvalue weighted by Gasteiger charge is -2.41. The van der Waals surface area contributed by atoms with Gasteiger partial charge >= 0.3 is 12.1 Å². The third kappa shape index (κ3) is 4.92. The number of hydrogen-bond acceptors (Lipinski definition) is 3. The Morgan fingerprint density at radius 1 is 1.23 bits per heavy atom. The summed E-state index contributed by atoms with van der Waals surface area (Å²) in [6.45, 7) is 7.64. The molecular weight excluding hydrogens is 389 g/mol. The SMILES string of the molecule is COc1cc(C(C)(C)CC(O[Si](C)(C)C)(C(=O)O)C(F)(F)F)ccc1Cl. The first-order valence-corrected chi connectivity index (χ1v) is 11.7. The Morgan fingerprint density at radius 3 is 2.15 bits per heavy atom. The zero-order valence-electron chi connectivity index (χ0n) is 15.6. The fraction of sp³-hybridized carbons (Fsp3) is 0.588. The molecule has 0 amide bonds. The van der Waals surface area contributed by atoms with Crippen LogP contribution >= 0.6 is 11.6 Å². The van der Waals surface area contributed by atoms with Crippen LogP contribution < -0.4 is 4.74 Å². The van der Waals surface area contributed by atoms with Crippen molar-refractivity contribution in [1.29, 1.82) is 0 Å². The highest BCUT2D eigenvalue weighted by Gasteiger charge is 2.65. The number of aliphatic carboxylic acids is 1. The molecule has 0 aromatic heterocycles. The topological polar surface area (TPSA) is 55.8 Å². The lowest BCUT2D eigenvalue weighted by molar-refractivity contribution is -0.258. The summed E-state index contributed by atoms with van der Waals surface area (Å²) in [5.41, 5.74) is -4.01. The van der Waals surface area contributed by atoms with E-state index >= 15 is 0 Å². The van der Waals surface area contributed by atoms with Gasteiger partial charge in [0.25, 0.3) is 5.60 Å². The molecule has 4 nitrogen and oxygen atoms in total. The normalized spacial score (nSPS) is 15.5. The minimum absolute atomic E-state index is 0.302. The van der Waals surface area contributed by atoms with Crippen molar-refractivity contribution in [2.24, 2.45) is 0 Å². The Balaban J connectivity index is 3.47. The third-order valence-electron chi connectivity index (χ3n) is 3.91. The predicted molar refractivity (Wildman–Crippen MR) is 96.5 cm³/mol. The number of methoxy groups -OCH3 is 1. The van der Waals surface area contributed by atoms with E-state index in [4.69, 9.17) is 20.8 Å². The van der Waals surface area contributed by atoms with E-state index in [1.165, 1.54) is 52.7 Å². The number of halogens is 4. The highest BCUT2D eigenvalue weighted by atomic mass is 35.5. The molecule has 0 fully saturated rings. The summed E-state index contributed by atoms with van der Waals surface area (Å²) in [7, 11) is -1.45. The van der Waals surface area contributed by atoms with Crippen LogP contribution in [0.3, 0.4) is 0 Å². The van der Waals surface area contributed by atoms with E-state index in [2.05, 4.69) is 0 Å². The van der Waals surface area contributed by atoms with Gasteiger partial charge in [0, 0.05) is 6.42 Å². The second-order valence-electron chi connectivity index (χ2n) is 7.75. The first kappa shape index (κ1) is 22.8. The van der Waals surface area contributed by atoms with Gasteiger partial charge in [-0.25, -0.2) is 4.79 Å². The van der Waals surface area contributed by atoms with Crippen LogP contribution in [-0.4, -0.2) is 38.3 Å². The first-order valence-electron chi connectivity index (χ1n) is 7.90. The van der Waals surface area contributed by atoms with Gasteiger partial charge in [-0.3, -0.25) is 0 Å². The first-order chi connectivity index (χ1) is 11.6. The van der Waals surface area contributed by atoms with Gasteiger partial charge < -0.3 is 14.3 Å². The van der Waals surface area contributed by atoms with E-state index in [0.29, 0.717) is 16.3 Å². The number of alkyl halides is 3. The summed E-state index contributed by atoms with van der Waals surface area (Å²) in [6, 6.07) is 4.58. The minimum atomic E-state index is -5.08. The number of hydrogen-bond donors (Lipinski definition) is 1. The molecule has 1 N–H and O–H groups in total. The van der Waals surface area contributed by atoms with E-state index < -0.39 is 37.9 Å². The fourth-order valence-corrected chi connectivity index (χ4v) is 4.28. The van der Waals surface area contributed by atoms with Crippen molar-refractivity contribution >= 4 is 25.9 Å². The zero-order valence-corrected chi connectivity index (χ0v) is 17.4. The minimum Gasteiger partial charge on any atom is -0.495 e. The Bertz CT molecular complexity index is 671. The zero-order chi connectivity index (χ0) is 20.6. The van der Waals surface area contributed by atoms with E-state index in [0.717, 1.165) is 0 Å². The van der Waals surface area contributed by atoms with Crippen LogP contribution in [-0.2, 0) is 14.6 Å². The van der Waals surface area contributed by atoms with Crippen LogP contribution in [0.5, 0.6) is 5.75 Å². The molecule has 0 saturated carbocycles. The maximum Gasteiger partial charge on any atom is 0.427 e. The smallest absolute Gasteiger partial charge is 0.427 e. The molecule has 0 aliphatic rings. The summed E-state index contributed by atoms with van der Waals surface area (Å²) < 4.78 is 52.0. The fourth-order valence-electron chi connectivity index (χ4n) is 2.76. The molecule has 1 aromatic rings. The van der Waals surface area contributed by atoms with E-state index in [1.54, 1.807) is 6.07 Å². The van der Waals surface area contributed by atoms with Gasteiger partial charge in [-0.1, -0.05) is 31.5 Å². The van der Waals surface area contributed by atoms with Crippen molar-refractivity contribution in [3.05, 3.63) is 28.8 Å². The quantitative estimate of drug-likeness (QED) is 0.621. The number of carboxylic acid groups (broad SMARTS) is 1. The summed E-state index contributed by atoms with van der Waals surface area (Å²) in [6.07, 6.45) is -5.86. The van der Waals surface area contributed by atoms with Crippen molar-refractivity contribution in [2.45, 2.75) is 57.1 Å². The van der Waals surface area contributed by atoms with Gasteiger partial charge in [0.2, 0.25) is 0 Å². The molecule has 148 valence electrons. The van der Waals surface area contributed by atoms with E-state index in [1.807, 2.05) is 0 Å². The Kier molecular flexibility index (Phi) is 6.49. The number of carboxylic acids is 1. The summed E-state index contributed by atoms with van der Waals surface area (Å²) in [5.74, 6) is -1.74. The number of rotatable bonds is 7. The van der Waals surface area contributed by atoms with Gasteiger partial charge in [0.15, 0.2) is 8.32 Å². The molecular formula is C17H24ClF3O4Si. The van der Waals surface area contributed by atoms with Gasteiger partial charge in [-0.2, -0.15) is 13.2 Å². The van der Waals surface area contributed by atoms with Gasteiger partial charge in [0.05, 0.1) is 12.1 Å². The van der Waals surface area contributed by atoms with Crippen molar-refractivity contribution < 1.29 is 32.2 Å². The number of carbonyl (C=O) groups is 1. The molecule has 0 saturated heterocycles. The lowest BCUT2D eigenvalue weighted by Crippen LogP contribution is -2.60. The molecule has 1 atom stereocenters. The molecule has 1 aromatic carbocycles. The van der Waals surface area contributed by atoms with Crippen LogP contribution in [0, 0.1) is 0 Å². The number of benzene rings is 1. The molecule has 0 radical (unpaired) electrons. The Hall–Kier alpha value is -1.25. The Morgan fingerprint density at radius 2 is 1.77 bits per heavy atom. The van der Waals surface area contributed by atoms with Crippen LogP contribution in [0.25, 0.3) is 0 Å². The summed E-state index contributed by atoms with van der Waals surface area (Å²) >= 11 is 5.97. The van der Waals surface area contributed by atoms with Gasteiger partial charge in [-0.15, -0.1) is 0 Å². The van der Waals surface area contributed by atoms with Gasteiger partial charge in [0.1, 0.15) is 5.75 Å². The second kappa shape index (κ2) is 7.40. The highest BCUT2D eigenvalue weighted by molar-refractivity contribution is 6.70. The highest BCUT2D eigenvalue weighted by Crippen LogP contribution is 2.46. The predicted octanol–water partition coefficient (Wildman–Crippen LogP) is 5.25. The van der Waals surface area contributed by atoms with E-state index in [9.17, 15) is 23.1 Å². The second-order valence-corrected chi connectivity index (χ2v) is 12.6. The molecule has 26 heavy (non-hydrogen) atoms. The Labute approximate surface area is 157 Å². The summed E-state index contributed by atoms with van der Waals surface area (Å²) in [5, 5.41) is 9.82. The van der Waals surface area contributed by atoms with Gasteiger partial charge in [-0.05, 0) is 42.8 Å². The van der Waals surface area contributed by atoms with Crippen LogP contribution in [0.2, 0.25) is 24.7 Å². The summed E-state index contributed by atoms with van der Waals surface area (Å²) in [4.78, 5) is 11.8. The molecule has 0 heterocycles. The maximum atomic E-state index is 13.9. The molecule has 0 aliphatic carbocycles. The molecule has 0 bridgehead atoms. The van der Waals surface area contributed by atoms with Crippen molar-refractivity contribution in [3.8, 4) is 5.75 Å². The van der Waals surface area contributed by atoms with E-state index in [-0.39, 0.29) is 0 Å². The molecule has 1 rings (SSSR count). The molecule has 1 unspecified atom stereocenters. The molecule has 0 spiro atoms. The van der Waals surface area contributed by atoms with Crippen LogP contribution in [0.15, 0.2) is 18.2 Å². The van der Waals surface area contributed by atoms with Crippen molar-refractivity contribution in [1.82, 2.24) is 0 Å². The van der Waals surface area contributed by atoms with Crippen LogP contribution in [0.1, 0.15) is 25.8 Å². The van der Waals surface area contributed by atoms with Crippen LogP contribution in [0.4, 0.5) is 13.2 Å². The average Bonchev–Trinajstić information content (AvgIpc) is 2.43. The van der Waals surface area contributed by atoms with Crippen molar-refractivity contribution in [3.63, 3.8) is 0 Å². The largest absolute Gasteiger partial charge is 0.495 e. The maximum absolute atomic E-state index is 13.9. The monoisotopic (exact) mass is 412 g/mol. The number of ether oxygens (including phenoxy) is 1. The van der Waals surface area contributed by atoms with Crippen molar-refractivity contribution in [2.75, 3.05) is 7.11 Å². The molecule has 9 heteroatoms. The third-order valence-corrected chi connectivity index (χ3v) is 5.18. The molecule has 0 aliphatic heterocycles. The lowest BCUT2D eigenvalue weighted by atomic mass is 9.75.